The SMILES string of the molecule is CC(=O)N[C@@H]1CCN(CCCCN(C(=O)Nc2cc(Cl)cc(Cl)c2)c2ccc(-c3cccc(C#N)c3)cc2)C1. The first kappa shape index (κ1) is 28.4. The highest BCUT2D eigenvalue weighted by atomic mass is 35.5. The van der Waals surface area contributed by atoms with Crippen molar-refractivity contribution in [2.75, 3.05) is 36.4 Å². The Kier molecular flexibility index (Phi) is 9.83. The van der Waals surface area contributed by atoms with Crippen molar-refractivity contribution in [1.82, 2.24) is 10.2 Å². The maximum Gasteiger partial charge on any atom is 0.326 e. The number of anilines is 2. The van der Waals surface area contributed by atoms with Gasteiger partial charge in [0.15, 0.2) is 0 Å². The highest BCUT2D eigenvalue weighted by molar-refractivity contribution is 6.35. The molecule has 0 bridgehead atoms. The van der Waals surface area contributed by atoms with Crippen molar-refractivity contribution in [2.45, 2.75) is 32.2 Å². The van der Waals surface area contributed by atoms with Gasteiger partial charge in [-0.1, -0.05) is 47.5 Å². The largest absolute Gasteiger partial charge is 0.352 e. The van der Waals surface area contributed by atoms with Crippen molar-refractivity contribution in [3.05, 3.63) is 82.3 Å². The average molecular weight is 565 g/mol. The molecule has 1 fully saturated rings. The second-order valence-electron chi connectivity index (χ2n) is 9.67. The number of carbonyl (C=O) groups is 2. The van der Waals surface area contributed by atoms with Crippen LogP contribution in [0, 0.1) is 11.3 Å². The molecule has 0 aliphatic carbocycles. The van der Waals surface area contributed by atoms with E-state index >= 15 is 0 Å². The average Bonchev–Trinajstić information content (AvgIpc) is 3.34. The van der Waals surface area contributed by atoms with Crippen LogP contribution >= 0.6 is 23.2 Å². The number of unbranched alkanes of at least 4 members (excludes halogenated alkanes) is 1. The number of likely N-dealkylation sites (tertiary alicyclic amines) is 1. The Morgan fingerprint density at radius 1 is 1.03 bits per heavy atom. The Balaban J connectivity index is 1.44. The fourth-order valence-corrected chi connectivity index (χ4v) is 5.34. The molecule has 39 heavy (non-hydrogen) atoms. The first-order valence-corrected chi connectivity index (χ1v) is 13.7. The zero-order valence-corrected chi connectivity index (χ0v) is 23.3. The summed E-state index contributed by atoms with van der Waals surface area (Å²) in [5, 5.41) is 16.0. The van der Waals surface area contributed by atoms with Gasteiger partial charge in [-0.15, -0.1) is 0 Å². The molecule has 1 heterocycles. The number of nitriles is 1. The summed E-state index contributed by atoms with van der Waals surface area (Å²) >= 11 is 12.3. The van der Waals surface area contributed by atoms with Gasteiger partial charge in [0.2, 0.25) is 5.91 Å². The summed E-state index contributed by atoms with van der Waals surface area (Å²) in [5.74, 6) is 0.00767. The molecule has 0 aromatic heterocycles. The van der Waals surface area contributed by atoms with Gasteiger partial charge < -0.3 is 15.5 Å². The first-order valence-electron chi connectivity index (χ1n) is 13.0. The lowest BCUT2D eigenvalue weighted by atomic mass is 10.0. The molecule has 3 amide bonds. The molecule has 4 rings (SSSR count). The van der Waals surface area contributed by atoms with Gasteiger partial charge in [-0.25, -0.2) is 4.79 Å². The fourth-order valence-electron chi connectivity index (χ4n) is 4.81. The zero-order chi connectivity index (χ0) is 27.8. The second kappa shape index (κ2) is 13.5. The van der Waals surface area contributed by atoms with Crippen LogP contribution in [0.3, 0.4) is 0 Å². The number of amides is 3. The van der Waals surface area contributed by atoms with Crippen LogP contribution in [0.1, 0.15) is 31.7 Å². The zero-order valence-electron chi connectivity index (χ0n) is 21.8. The van der Waals surface area contributed by atoms with Crippen molar-refractivity contribution < 1.29 is 9.59 Å². The maximum absolute atomic E-state index is 13.4. The molecule has 1 saturated heterocycles. The third-order valence-corrected chi connectivity index (χ3v) is 7.09. The molecular formula is C30H31Cl2N5O2. The molecule has 1 atom stereocenters. The summed E-state index contributed by atoms with van der Waals surface area (Å²) in [6, 6.07) is 22.2. The van der Waals surface area contributed by atoms with Gasteiger partial charge >= 0.3 is 6.03 Å². The molecule has 3 aromatic carbocycles. The number of benzene rings is 3. The number of nitrogens with one attached hydrogen (secondary N) is 2. The molecule has 1 aliphatic rings. The minimum Gasteiger partial charge on any atom is -0.352 e. The molecule has 3 aromatic rings. The quantitative estimate of drug-likeness (QED) is 0.288. The molecular weight excluding hydrogens is 533 g/mol. The van der Waals surface area contributed by atoms with Gasteiger partial charge in [0.05, 0.1) is 11.6 Å². The van der Waals surface area contributed by atoms with Gasteiger partial charge in [0.1, 0.15) is 0 Å². The lowest BCUT2D eigenvalue weighted by Gasteiger charge is -2.24. The summed E-state index contributed by atoms with van der Waals surface area (Å²) in [6.07, 6.45) is 2.68. The fraction of sp³-hybridized carbons (Fsp3) is 0.300. The van der Waals surface area contributed by atoms with Crippen molar-refractivity contribution in [3.63, 3.8) is 0 Å². The predicted molar refractivity (Wildman–Crippen MR) is 157 cm³/mol. The van der Waals surface area contributed by atoms with Crippen molar-refractivity contribution in [3.8, 4) is 17.2 Å². The van der Waals surface area contributed by atoms with E-state index in [1.54, 1.807) is 36.1 Å². The van der Waals surface area contributed by atoms with Crippen LogP contribution in [0.15, 0.2) is 66.7 Å². The van der Waals surface area contributed by atoms with Crippen LogP contribution in [-0.2, 0) is 4.79 Å². The lowest BCUT2D eigenvalue weighted by Crippen LogP contribution is -2.37. The van der Waals surface area contributed by atoms with E-state index in [0.29, 0.717) is 27.8 Å². The smallest absolute Gasteiger partial charge is 0.326 e. The van der Waals surface area contributed by atoms with E-state index in [1.807, 2.05) is 42.5 Å². The van der Waals surface area contributed by atoms with E-state index in [0.717, 1.165) is 55.7 Å². The molecule has 0 unspecified atom stereocenters. The van der Waals surface area contributed by atoms with Crippen LogP contribution in [0.4, 0.5) is 16.2 Å². The van der Waals surface area contributed by atoms with Gasteiger partial charge in [0.25, 0.3) is 0 Å². The van der Waals surface area contributed by atoms with Gasteiger partial charge in [-0.05, 0) is 79.4 Å². The third-order valence-electron chi connectivity index (χ3n) is 6.65. The van der Waals surface area contributed by atoms with Crippen LogP contribution in [0.5, 0.6) is 0 Å². The van der Waals surface area contributed by atoms with Gasteiger partial charge in [-0.3, -0.25) is 9.69 Å². The number of carbonyl (C=O) groups excluding carboxylic acids is 2. The van der Waals surface area contributed by atoms with Crippen molar-refractivity contribution >= 4 is 46.5 Å². The van der Waals surface area contributed by atoms with Crippen molar-refractivity contribution in [2.24, 2.45) is 0 Å². The summed E-state index contributed by atoms with van der Waals surface area (Å²) in [4.78, 5) is 28.8. The summed E-state index contributed by atoms with van der Waals surface area (Å²) in [6.45, 7) is 4.79. The summed E-state index contributed by atoms with van der Waals surface area (Å²) in [5.41, 5.74) is 3.77. The number of hydrogen-bond acceptors (Lipinski definition) is 4. The van der Waals surface area contributed by atoms with Gasteiger partial charge in [-0.2, -0.15) is 5.26 Å². The Labute approximate surface area is 239 Å². The van der Waals surface area contributed by atoms with Crippen LogP contribution < -0.4 is 15.5 Å². The number of rotatable bonds is 9. The Morgan fingerprint density at radius 2 is 1.77 bits per heavy atom. The Bertz CT molecular complexity index is 1340. The van der Waals surface area contributed by atoms with Crippen molar-refractivity contribution in [1.29, 1.82) is 5.26 Å². The van der Waals surface area contributed by atoms with Crippen LogP contribution in [0.25, 0.3) is 11.1 Å². The number of halogens is 2. The highest BCUT2D eigenvalue weighted by Gasteiger charge is 2.23. The third kappa shape index (κ3) is 8.21. The predicted octanol–water partition coefficient (Wildman–Crippen LogP) is 6.56. The molecule has 1 aliphatic heterocycles. The molecule has 0 radical (unpaired) electrons. The lowest BCUT2D eigenvalue weighted by molar-refractivity contribution is -0.119. The Morgan fingerprint density at radius 3 is 2.46 bits per heavy atom. The first-order chi connectivity index (χ1) is 18.8. The molecule has 202 valence electrons. The van der Waals surface area contributed by atoms with Crippen LogP contribution in [0.2, 0.25) is 10.0 Å². The molecule has 0 saturated carbocycles. The van der Waals surface area contributed by atoms with E-state index in [1.165, 1.54) is 0 Å². The number of hydrogen-bond donors (Lipinski definition) is 2. The number of urea groups is 1. The van der Waals surface area contributed by atoms with Gasteiger partial charge in [0, 0.05) is 54.0 Å². The van der Waals surface area contributed by atoms with E-state index in [2.05, 4.69) is 21.6 Å². The highest BCUT2D eigenvalue weighted by Crippen LogP contribution is 2.26. The topological polar surface area (TPSA) is 88.5 Å². The minimum atomic E-state index is -0.278. The summed E-state index contributed by atoms with van der Waals surface area (Å²) < 4.78 is 0. The molecule has 0 spiro atoms. The molecule has 2 N–H and O–H groups in total. The van der Waals surface area contributed by atoms with E-state index in [9.17, 15) is 14.9 Å². The summed E-state index contributed by atoms with van der Waals surface area (Å²) in [7, 11) is 0. The Hall–Kier alpha value is -3.57. The normalized spacial score (nSPS) is 15.0. The van der Waals surface area contributed by atoms with E-state index < -0.39 is 0 Å². The second-order valence-corrected chi connectivity index (χ2v) is 10.5. The number of nitrogens with zero attached hydrogens (tertiary/aromatic N) is 3. The maximum atomic E-state index is 13.4. The molecule has 7 nitrogen and oxygen atoms in total. The van der Waals surface area contributed by atoms with Crippen LogP contribution in [-0.4, -0.2) is 49.1 Å². The standard InChI is InChI=1S/C30H31Cl2N5O2/c1-21(38)34-27-11-14-36(20-27)12-2-3-13-37(30(39)35-28-17-25(31)16-26(32)18-28)29-9-7-23(8-10-29)24-6-4-5-22(15-24)19-33/h4-10,15-18,27H,2-3,11-14,20H2,1H3,(H,34,38)(H,35,39)/t27-/m1/s1. The molecule has 9 heteroatoms. The monoisotopic (exact) mass is 563 g/mol. The van der Waals surface area contributed by atoms with E-state index in [-0.39, 0.29) is 18.0 Å². The van der Waals surface area contributed by atoms with E-state index in [4.69, 9.17) is 23.2 Å². The minimum absolute atomic E-state index is 0.00767.